The summed E-state index contributed by atoms with van der Waals surface area (Å²) in [5.41, 5.74) is 1.66. The van der Waals surface area contributed by atoms with E-state index in [0.717, 1.165) is 43.0 Å². The first-order valence-corrected chi connectivity index (χ1v) is 9.00. The number of hydrogen-bond donors (Lipinski definition) is 1. The molecule has 1 aliphatic rings. The van der Waals surface area contributed by atoms with E-state index in [9.17, 15) is 4.79 Å². The van der Waals surface area contributed by atoms with Crippen molar-refractivity contribution in [3.8, 4) is 11.5 Å². The number of carbonyl (C=O) groups is 1. The zero-order valence-corrected chi connectivity index (χ0v) is 15.4. The summed E-state index contributed by atoms with van der Waals surface area (Å²) in [5, 5.41) is 2.93. The molecule has 0 aromatic heterocycles. The number of nitrogens with one attached hydrogen (secondary N) is 1. The SMILES string of the molecule is COc1ccc(C(=O)NCc2ccc(OC3CCN(C)CC3)cc2)cc1. The van der Waals surface area contributed by atoms with Gasteiger partial charge in [-0.2, -0.15) is 0 Å². The van der Waals surface area contributed by atoms with Gasteiger partial charge < -0.3 is 19.7 Å². The van der Waals surface area contributed by atoms with Crippen LogP contribution in [0.25, 0.3) is 0 Å². The molecule has 0 bridgehead atoms. The van der Waals surface area contributed by atoms with Crippen LogP contribution in [0.15, 0.2) is 48.5 Å². The molecule has 1 heterocycles. The summed E-state index contributed by atoms with van der Waals surface area (Å²) in [6.07, 6.45) is 2.43. The lowest BCUT2D eigenvalue weighted by molar-refractivity contribution is 0.0951. The van der Waals surface area contributed by atoms with Crippen molar-refractivity contribution >= 4 is 5.91 Å². The van der Waals surface area contributed by atoms with Gasteiger partial charge in [-0.15, -0.1) is 0 Å². The van der Waals surface area contributed by atoms with Gasteiger partial charge in [-0.1, -0.05) is 12.1 Å². The van der Waals surface area contributed by atoms with Crippen LogP contribution in [0.4, 0.5) is 0 Å². The molecule has 0 atom stereocenters. The van der Waals surface area contributed by atoms with E-state index in [1.54, 1.807) is 31.4 Å². The third-order valence-corrected chi connectivity index (χ3v) is 4.70. The number of piperidine rings is 1. The minimum Gasteiger partial charge on any atom is -0.497 e. The van der Waals surface area contributed by atoms with Crippen molar-refractivity contribution in [3.05, 3.63) is 59.7 Å². The average molecular weight is 354 g/mol. The molecule has 5 heteroatoms. The summed E-state index contributed by atoms with van der Waals surface area (Å²) < 4.78 is 11.2. The zero-order valence-electron chi connectivity index (χ0n) is 15.4. The summed E-state index contributed by atoms with van der Waals surface area (Å²) in [6, 6.07) is 15.0. The van der Waals surface area contributed by atoms with Crippen LogP contribution in [-0.2, 0) is 6.54 Å². The zero-order chi connectivity index (χ0) is 18.4. The standard InChI is InChI=1S/C21H26N2O3/c1-23-13-11-20(12-14-23)26-19-7-3-16(4-8-19)15-22-21(24)17-5-9-18(25-2)10-6-17/h3-10,20H,11-15H2,1-2H3,(H,22,24). The molecule has 1 saturated heterocycles. The van der Waals surface area contributed by atoms with E-state index in [4.69, 9.17) is 9.47 Å². The van der Waals surface area contributed by atoms with Crippen LogP contribution in [0.5, 0.6) is 11.5 Å². The van der Waals surface area contributed by atoms with Gasteiger partial charge in [0, 0.05) is 25.2 Å². The van der Waals surface area contributed by atoms with E-state index >= 15 is 0 Å². The Balaban J connectivity index is 1.48. The Morgan fingerprint density at radius 1 is 1.04 bits per heavy atom. The molecular formula is C21H26N2O3. The highest BCUT2D eigenvalue weighted by atomic mass is 16.5. The second-order valence-electron chi connectivity index (χ2n) is 6.68. The average Bonchev–Trinajstić information content (AvgIpc) is 2.69. The number of hydrogen-bond acceptors (Lipinski definition) is 4. The van der Waals surface area contributed by atoms with Crippen molar-refractivity contribution in [2.45, 2.75) is 25.5 Å². The topological polar surface area (TPSA) is 50.8 Å². The molecule has 2 aromatic rings. The van der Waals surface area contributed by atoms with Crippen LogP contribution in [0, 0.1) is 0 Å². The number of amides is 1. The fraction of sp³-hybridized carbons (Fsp3) is 0.381. The lowest BCUT2D eigenvalue weighted by Crippen LogP contribution is -2.35. The van der Waals surface area contributed by atoms with E-state index < -0.39 is 0 Å². The third kappa shape index (κ3) is 4.99. The fourth-order valence-electron chi connectivity index (χ4n) is 3.01. The number of benzene rings is 2. The molecule has 5 nitrogen and oxygen atoms in total. The number of ether oxygens (including phenoxy) is 2. The van der Waals surface area contributed by atoms with Gasteiger partial charge in [-0.25, -0.2) is 0 Å². The minimum atomic E-state index is -0.0979. The summed E-state index contributed by atoms with van der Waals surface area (Å²) in [7, 11) is 3.75. The number of methoxy groups -OCH3 is 1. The van der Waals surface area contributed by atoms with Crippen LogP contribution in [0.3, 0.4) is 0 Å². The van der Waals surface area contributed by atoms with Gasteiger partial charge in [0.15, 0.2) is 0 Å². The van der Waals surface area contributed by atoms with E-state index in [-0.39, 0.29) is 5.91 Å². The maximum absolute atomic E-state index is 12.2. The van der Waals surface area contributed by atoms with Crippen LogP contribution in [0.1, 0.15) is 28.8 Å². The van der Waals surface area contributed by atoms with Gasteiger partial charge in [-0.05, 0) is 61.9 Å². The molecular weight excluding hydrogens is 328 g/mol. The summed E-state index contributed by atoms with van der Waals surface area (Å²) >= 11 is 0. The molecule has 1 fully saturated rings. The Morgan fingerprint density at radius 3 is 2.27 bits per heavy atom. The quantitative estimate of drug-likeness (QED) is 0.866. The number of nitrogens with zero attached hydrogens (tertiary/aromatic N) is 1. The molecule has 0 saturated carbocycles. The van der Waals surface area contributed by atoms with Gasteiger partial charge in [0.05, 0.1) is 7.11 Å². The minimum absolute atomic E-state index is 0.0979. The van der Waals surface area contributed by atoms with Gasteiger partial charge in [0.2, 0.25) is 0 Å². The van der Waals surface area contributed by atoms with Crippen molar-refractivity contribution in [1.82, 2.24) is 10.2 Å². The Bertz CT molecular complexity index is 705. The smallest absolute Gasteiger partial charge is 0.251 e. The lowest BCUT2D eigenvalue weighted by atomic mass is 10.1. The molecule has 1 aliphatic heterocycles. The first-order chi connectivity index (χ1) is 12.6. The second kappa shape index (κ2) is 8.72. The van der Waals surface area contributed by atoms with Gasteiger partial charge in [0.25, 0.3) is 5.91 Å². The molecule has 0 aliphatic carbocycles. The second-order valence-corrected chi connectivity index (χ2v) is 6.68. The maximum atomic E-state index is 12.2. The molecule has 1 amide bonds. The molecule has 26 heavy (non-hydrogen) atoms. The van der Waals surface area contributed by atoms with E-state index in [2.05, 4.69) is 17.3 Å². The van der Waals surface area contributed by atoms with Gasteiger partial charge in [0.1, 0.15) is 17.6 Å². The molecule has 138 valence electrons. The lowest BCUT2D eigenvalue weighted by Gasteiger charge is -2.29. The fourth-order valence-corrected chi connectivity index (χ4v) is 3.01. The summed E-state index contributed by atoms with van der Waals surface area (Å²) in [6.45, 7) is 2.65. The Morgan fingerprint density at radius 2 is 1.65 bits per heavy atom. The van der Waals surface area contributed by atoms with Crippen molar-refractivity contribution in [2.24, 2.45) is 0 Å². The van der Waals surface area contributed by atoms with Crippen molar-refractivity contribution in [2.75, 3.05) is 27.2 Å². The van der Waals surface area contributed by atoms with E-state index in [0.29, 0.717) is 18.2 Å². The van der Waals surface area contributed by atoms with Crippen LogP contribution in [0.2, 0.25) is 0 Å². The first-order valence-electron chi connectivity index (χ1n) is 9.00. The first kappa shape index (κ1) is 18.3. The van der Waals surface area contributed by atoms with Crippen molar-refractivity contribution in [3.63, 3.8) is 0 Å². The highest BCUT2D eigenvalue weighted by Crippen LogP contribution is 2.19. The third-order valence-electron chi connectivity index (χ3n) is 4.70. The highest BCUT2D eigenvalue weighted by Gasteiger charge is 2.17. The molecule has 0 unspecified atom stereocenters. The molecule has 0 radical (unpaired) electrons. The van der Waals surface area contributed by atoms with Crippen molar-refractivity contribution in [1.29, 1.82) is 0 Å². The Hall–Kier alpha value is -2.53. The highest BCUT2D eigenvalue weighted by molar-refractivity contribution is 5.94. The van der Waals surface area contributed by atoms with Gasteiger partial charge >= 0.3 is 0 Å². The number of likely N-dealkylation sites (tertiary alicyclic amines) is 1. The van der Waals surface area contributed by atoms with Crippen LogP contribution in [-0.4, -0.2) is 44.2 Å². The predicted octanol–water partition coefficient (Wildman–Crippen LogP) is 3.10. The number of rotatable bonds is 6. The van der Waals surface area contributed by atoms with Gasteiger partial charge in [-0.3, -0.25) is 4.79 Å². The van der Waals surface area contributed by atoms with E-state index in [1.807, 2.05) is 24.3 Å². The molecule has 0 spiro atoms. The molecule has 3 rings (SSSR count). The Kier molecular flexibility index (Phi) is 6.12. The van der Waals surface area contributed by atoms with Crippen LogP contribution < -0.4 is 14.8 Å². The van der Waals surface area contributed by atoms with E-state index in [1.165, 1.54) is 0 Å². The van der Waals surface area contributed by atoms with Crippen molar-refractivity contribution < 1.29 is 14.3 Å². The maximum Gasteiger partial charge on any atom is 0.251 e. The normalized spacial score (nSPS) is 15.5. The number of carbonyl (C=O) groups excluding carboxylic acids is 1. The molecule has 2 aromatic carbocycles. The Labute approximate surface area is 154 Å². The monoisotopic (exact) mass is 354 g/mol. The summed E-state index contributed by atoms with van der Waals surface area (Å²) in [4.78, 5) is 14.5. The predicted molar refractivity (Wildman–Crippen MR) is 102 cm³/mol. The largest absolute Gasteiger partial charge is 0.497 e. The molecule has 1 N–H and O–H groups in total. The van der Waals surface area contributed by atoms with Crippen LogP contribution >= 0.6 is 0 Å². The summed E-state index contributed by atoms with van der Waals surface area (Å²) in [5.74, 6) is 1.53.